The van der Waals surface area contributed by atoms with Gasteiger partial charge in [-0.15, -0.1) is 0 Å². The van der Waals surface area contributed by atoms with Gasteiger partial charge in [0.2, 0.25) is 0 Å². The molecule has 1 N–H and O–H groups in total. The van der Waals surface area contributed by atoms with E-state index in [1.807, 2.05) is 6.92 Å². The molecule has 0 bridgehead atoms. The number of halogens is 1. The number of aromatic nitrogens is 2. The van der Waals surface area contributed by atoms with Crippen LogP contribution in [0.3, 0.4) is 0 Å². The van der Waals surface area contributed by atoms with Gasteiger partial charge >= 0.3 is 5.97 Å². The van der Waals surface area contributed by atoms with E-state index in [4.69, 9.17) is 10.4 Å². The summed E-state index contributed by atoms with van der Waals surface area (Å²) in [5.74, 6) is -0.878. The second kappa shape index (κ2) is 5.47. The van der Waals surface area contributed by atoms with Crippen LogP contribution in [0.25, 0.3) is 5.69 Å². The van der Waals surface area contributed by atoms with Crippen LogP contribution in [0.4, 0.5) is 0 Å². The first-order chi connectivity index (χ1) is 9.43. The zero-order valence-electron chi connectivity index (χ0n) is 11.0. The SMILES string of the molecule is Cc1nn(-c2ccc(C#N)c(Br)c2)c(C)c1CC(=O)O. The zero-order chi connectivity index (χ0) is 14.9. The Labute approximate surface area is 124 Å². The van der Waals surface area contributed by atoms with Gasteiger partial charge in [-0.2, -0.15) is 10.4 Å². The van der Waals surface area contributed by atoms with E-state index >= 15 is 0 Å². The molecule has 0 spiro atoms. The highest BCUT2D eigenvalue weighted by molar-refractivity contribution is 9.10. The molecule has 1 aromatic carbocycles. The minimum Gasteiger partial charge on any atom is -0.481 e. The Morgan fingerprint density at radius 1 is 1.50 bits per heavy atom. The number of carboxylic acid groups (broad SMARTS) is 1. The quantitative estimate of drug-likeness (QED) is 0.936. The van der Waals surface area contributed by atoms with Gasteiger partial charge in [-0.3, -0.25) is 4.79 Å². The van der Waals surface area contributed by atoms with Crippen LogP contribution in [0.2, 0.25) is 0 Å². The number of nitrogens with zero attached hydrogens (tertiary/aromatic N) is 3. The average molecular weight is 334 g/mol. The van der Waals surface area contributed by atoms with E-state index in [1.54, 1.807) is 29.8 Å². The van der Waals surface area contributed by atoms with E-state index < -0.39 is 5.97 Å². The molecule has 5 nitrogen and oxygen atoms in total. The molecule has 1 aromatic heterocycles. The molecule has 2 rings (SSSR count). The van der Waals surface area contributed by atoms with Gasteiger partial charge in [0.1, 0.15) is 6.07 Å². The van der Waals surface area contributed by atoms with Crippen LogP contribution >= 0.6 is 15.9 Å². The predicted octanol–water partition coefficient (Wildman–Crippen LogP) is 2.75. The Morgan fingerprint density at radius 2 is 2.20 bits per heavy atom. The Bertz CT molecular complexity index is 729. The molecule has 1 heterocycles. The fraction of sp³-hybridized carbons (Fsp3) is 0.214. The van der Waals surface area contributed by atoms with Crippen LogP contribution in [0, 0.1) is 25.2 Å². The third-order valence-electron chi connectivity index (χ3n) is 3.09. The smallest absolute Gasteiger partial charge is 0.307 e. The van der Waals surface area contributed by atoms with E-state index in [0.717, 1.165) is 16.9 Å². The van der Waals surface area contributed by atoms with Crippen LogP contribution in [0.1, 0.15) is 22.5 Å². The molecule has 0 unspecified atom stereocenters. The first-order valence-electron chi connectivity index (χ1n) is 5.91. The Hall–Kier alpha value is -2.13. The maximum Gasteiger partial charge on any atom is 0.307 e. The van der Waals surface area contributed by atoms with E-state index in [9.17, 15) is 4.79 Å². The minimum atomic E-state index is -0.878. The normalized spacial score (nSPS) is 10.3. The number of hydrogen-bond acceptors (Lipinski definition) is 3. The third-order valence-corrected chi connectivity index (χ3v) is 3.74. The third kappa shape index (κ3) is 2.58. The molecule has 0 saturated carbocycles. The zero-order valence-corrected chi connectivity index (χ0v) is 12.6. The van der Waals surface area contributed by atoms with Crippen molar-refractivity contribution < 1.29 is 9.90 Å². The predicted molar refractivity (Wildman–Crippen MR) is 76.8 cm³/mol. The summed E-state index contributed by atoms with van der Waals surface area (Å²) in [7, 11) is 0. The van der Waals surface area contributed by atoms with Crippen molar-refractivity contribution in [3.8, 4) is 11.8 Å². The maximum absolute atomic E-state index is 10.9. The molecular formula is C14H12BrN3O2. The molecule has 0 atom stereocenters. The van der Waals surface area contributed by atoms with Crippen molar-refractivity contribution in [2.24, 2.45) is 0 Å². The summed E-state index contributed by atoms with van der Waals surface area (Å²) >= 11 is 3.34. The van der Waals surface area contributed by atoms with Crippen molar-refractivity contribution in [2.75, 3.05) is 0 Å². The first kappa shape index (κ1) is 14.3. The monoisotopic (exact) mass is 333 g/mol. The van der Waals surface area contributed by atoms with Crippen LogP contribution < -0.4 is 0 Å². The fourth-order valence-electron chi connectivity index (χ4n) is 2.06. The molecule has 0 fully saturated rings. The van der Waals surface area contributed by atoms with Crippen molar-refractivity contribution in [3.63, 3.8) is 0 Å². The van der Waals surface area contributed by atoms with Gasteiger partial charge in [0, 0.05) is 15.7 Å². The Kier molecular flexibility index (Phi) is 3.91. The molecule has 0 amide bonds. The molecule has 2 aromatic rings. The van der Waals surface area contributed by atoms with Gasteiger partial charge in [-0.25, -0.2) is 4.68 Å². The van der Waals surface area contributed by atoms with Crippen molar-refractivity contribution in [3.05, 3.63) is 45.2 Å². The van der Waals surface area contributed by atoms with Crippen molar-refractivity contribution in [1.82, 2.24) is 9.78 Å². The number of benzene rings is 1. The van der Waals surface area contributed by atoms with Gasteiger partial charge < -0.3 is 5.11 Å². The van der Waals surface area contributed by atoms with E-state index in [2.05, 4.69) is 27.1 Å². The van der Waals surface area contributed by atoms with Gasteiger partial charge in [0.15, 0.2) is 0 Å². The van der Waals surface area contributed by atoms with Crippen LogP contribution in [-0.2, 0) is 11.2 Å². The summed E-state index contributed by atoms with van der Waals surface area (Å²) in [6.45, 7) is 3.63. The molecule has 6 heteroatoms. The molecular weight excluding hydrogens is 322 g/mol. The average Bonchev–Trinajstić information content (AvgIpc) is 2.66. The van der Waals surface area contributed by atoms with Gasteiger partial charge in [-0.1, -0.05) is 0 Å². The second-order valence-electron chi connectivity index (χ2n) is 4.41. The number of carboxylic acids is 1. The van der Waals surface area contributed by atoms with Crippen LogP contribution in [0.5, 0.6) is 0 Å². The molecule has 0 aliphatic carbocycles. The molecule has 0 aliphatic heterocycles. The lowest BCUT2D eigenvalue weighted by Crippen LogP contribution is -2.03. The molecule has 0 radical (unpaired) electrons. The number of aryl methyl sites for hydroxylation is 1. The largest absolute Gasteiger partial charge is 0.481 e. The molecule has 0 saturated heterocycles. The summed E-state index contributed by atoms with van der Waals surface area (Å²) < 4.78 is 2.38. The van der Waals surface area contributed by atoms with Gasteiger partial charge in [0.25, 0.3) is 0 Å². The highest BCUT2D eigenvalue weighted by Gasteiger charge is 2.15. The topological polar surface area (TPSA) is 78.9 Å². The minimum absolute atomic E-state index is 0.0465. The number of rotatable bonds is 3. The lowest BCUT2D eigenvalue weighted by atomic mass is 10.1. The number of hydrogen-bond donors (Lipinski definition) is 1. The van der Waals surface area contributed by atoms with Gasteiger partial charge in [0.05, 0.1) is 23.4 Å². The van der Waals surface area contributed by atoms with Crippen molar-refractivity contribution in [2.45, 2.75) is 20.3 Å². The number of carbonyl (C=O) groups is 1. The van der Waals surface area contributed by atoms with Crippen LogP contribution in [-0.4, -0.2) is 20.9 Å². The Morgan fingerprint density at radius 3 is 2.75 bits per heavy atom. The van der Waals surface area contributed by atoms with E-state index in [0.29, 0.717) is 15.7 Å². The maximum atomic E-state index is 10.9. The highest BCUT2D eigenvalue weighted by Crippen LogP contribution is 2.23. The second-order valence-corrected chi connectivity index (χ2v) is 5.26. The van der Waals surface area contributed by atoms with Crippen molar-refractivity contribution in [1.29, 1.82) is 5.26 Å². The highest BCUT2D eigenvalue weighted by atomic mass is 79.9. The molecule has 0 aliphatic rings. The van der Waals surface area contributed by atoms with Crippen LogP contribution in [0.15, 0.2) is 22.7 Å². The molecule has 20 heavy (non-hydrogen) atoms. The van der Waals surface area contributed by atoms with E-state index in [1.165, 1.54) is 0 Å². The standard InChI is InChI=1S/C14H12BrN3O2/c1-8-12(6-14(19)20)9(2)18(17-8)11-4-3-10(7-16)13(15)5-11/h3-5H,6H2,1-2H3,(H,19,20). The number of aliphatic carboxylic acids is 1. The van der Waals surface area contributed by atoms with Crippen molar-refractivity contribution >= 4 is 21.9 Å². The lowest BCUT2D eigenvalue weighted by Gasteiger charge is -2.06. The number of nitriles is 1. The first-order valence-corrected chi connectivity index (χ1v) is 6.70. The summed E-state index contributed by atoms with van der Waals surface area (Å²) in [5, 5.41) is 22.2. The summed E-state index contributed by atoms with van der Waals surface area (Å²) in [5.41, 5.74) is 3.54. The Balaban J connectivity index is 2.51. The molecule has 102 valence electrons. The summed E-state index contributed by atoms with van der Waals surface area (Å²) in [4.78, 5) is 10.9. The van der Waals surface area contributed by atoms with E-state index in [-0.39, 0.29) is 6.42 Å². The fourth-order valence-corrected chi connectivity index (χ4v) is 2.52. The lowest BCUT2D eigenvalue weighted by molar-refractivity contribution is -0.136. The summed E-state index contributed by atoms with van der Waals surface area (Å²) in [6.07, 6.45) is -0.0465. The van der Waals surface area contributed by atoms with Gasteiger partial charge in [-0.05, 0) is 48.0 Å². The summed E-state index contributed by atoms with van der Waals surface area (Å²) in [6, 6.07) is 7.36.